The van der Waals surface area contributed by atoms with Gasteiger partial charge in [0.05, 0.1) is 11.8 Å². The first-order valence-electron chi connectivity index (χ1n) is 13.7. The zero-order chi connectivity index (χ0) is 25.1. The van der Waals surface area contributed by atoms with Crippen LogP contribution >= 0.6 is 0 Å². The van der Waals surface area contributed by atoms with Crippen molar-refractivity contribution in [2.75, 3.05) is 0 Å². The molecule has 3 fully saturated rings. The second-order valence-electron chi connectivity index (χ2n) is 11.5. The summed E-state index contributed by atoms with van der Waals surface area (Å²) in [6.45, 7) is 12.2. The van der Waals surface area contributed by atoms with Crippen LogP contribution in [0.3, 0.4) is 0 Å². The molecule has 5 unspecified atom stereocenters. The molecular formula is C28H46O6. The van der Waals surface area contributed by atoms with Crippen LogP contribution in [0.5, 0.6) is 0 Å². The minimum absolute atomic E-state index is 0.00278. The summed E-state index contributed by atoms with van der Waals surface area (Å²) in [7, 11) is 0. The number of ether oxygens (including phenoxy) is 3. The molecule has 1 heterocycles. The molecule has 0 aromatic carbocycles. The third-order valence-corrected chi connectivity index (χ3v) is 9.61. The van der Waals surface area contributed by atoms with Crippen molar-refractivity contribution >= 4 is 17.9 Å². The second kappa shape index (κ2) is 11.0. The van der Waals surface area contributed by atoms with Gasteiger partial charge in [0.1, 0.15) is 17.8 Å². The molecule has 194 valence electrons. The highest BCUT2D eigenvalue weighted by atomic mass is 16.6. The lowest BCUT2D eigenvalue weighted by atomic mass is 9.77. The lowest BCUT2D eigenvalue weighted by Gasteiger charge is -2.37. The number of hydrogen-bond acceptors (Lipinski definition) is 6. The Morgan fingerprint density at radius 1 is 1.09 bits per heavy atom. The molecule has 0 aromatic heterocycles. The molecule has 1 aliphatic heterocycles. The van der Waals surface area contributed by atoms with E-state index in [0.29, 0.717) is 31.6 Å². The Balaban J connectivity index is 1.66. The van der Waals surface area contributed by atoms with Gasteiger partial charge in [0.2, 0.25) is 0 Å². The van der Waals surface area contributed by atoms with Crippen molar-refractivity contribution in [3.05, 3.63) is 0 Å². The van der Waals surface area contributed by atoms with Gasteiger partial charge in [-0.1, -0.05) is 47.5 Å². The second-order valence-corrected chi connectivity index (χ2v) is 11.5. The molecule has 0 N–H and O–H groups in total. The van der Waals surface area contributed by atoms with E-state index in [4.69, 9.17) is 14.2 Å². The number of rotatable bonds is 11. The van der Waals surface area contributed by atoms with E-state index < -0.39 is 17.6 Å². The van der Waals surface area contributed by atoms with Crippen molar-refractivity contribution in [3.8, 4) is 0 Å². The van der Waals surface area contributed by atoms with Crippen LogP contribution in [0, 0.1) is 29.1 Å². The minimum Gasteiger partial charge on any atom is -0.459 e. The molecule has 0 spiro atoms. The first-order valence-corrected chi connectivity index (χ1v) is 13.7. The molecule has 0 aromatic rings. The average molecular weight is 479 g/mol. The van der Waals surface area contributed by atoms with Gasteiger partial charge in [-0.25, -0.2) is 0 Å². The van der Waals surface area contributed by atoms with E-state index in [2.05, 4.69) is 13.8 Å². The summed E-state index contributed by atoms with van der Waals surface area (Å²) >= 11 is 0. The molecular weight excluding hydrogens is 432 g/mol. The molecule has 34 heavy (non-hydrogen) atoms. The zero-order valence-electron chi connectivity index (χ0n) is 22.2. The van der Waals surface area contributed by atoms with Crippen LogP contribution in [0.15, 0.2) is 0 Å². The Kier molecular flexibility index (Phi) is 8.73. The zero-order valence-corrected chi connectivity index (χ0v) is 22.2. The summed E-state index contributed by atoms with van der Waals surface area (Å²) in [4.78, 5) is 38.1. The first kappa shape index (κ1) is 27.0. The fourth-order valence-electron chi connectivity index (χ4n) is 6.55. The highest BCUT2D eigenvalue weighted by molar-refractivity contribution is 5.77. The summed E-state index contributed by atoms with van der Waals surface area (Å²) in [6, 6.07) is 0. The number of carbonyl (C=O) groups is 3. The molecule has 2 saturated carbocycles. The van der Waals surface area contributed by atoms with Crippen LogP contribution in [-0.4, -0.2) is 35.7 Å². The maximum atomic E-state index is 13.2. The van der Waals surface area contributed by atoms with Crippen LogP contribution in [0.2, 0.25) is 0 Å². The van der Waals surface area contributed by atoms with Crippen LogP contribution in [-0.2, 0) is 28.6 Å². The standard InChI is InChI=1S/C28H46O6/c1-7-27(6,18(4)5)26(31)33-24-19(16-20-17-23(30)32-25(20)24)14-15-22(29)34-28(8-2,9-3)21-12-10-11-13-21/h18-21,24-25H,7-17H2,1-6H3. The fraction of sp³-hybridized carbons (Fsp3) is 0.893. The monoisotopic (exact) mass is 478 g/mol. The van der Waals surface area contributed by atoms with Crippen molar-refractivity contribution in [3.63, 3.8) is 0 Å². The molecule has 6 nitrogen and oxygen atoms in total. The van der Waals surface area contributed by atoms with E-state index in [1.807, 2.05) is 27.7 Å². The highest BCUT2D eigenvalue weighted by Crippen LogP contribution is 2.46. The van der Waals surface area contributed by atoms with Gasteiger partial charge < -0.3 is 14.2 Å². The molecule has 3 aliphatic rings. The van der Waals surface area contributed by atoms with E-state index in [9.17, 15) is 14.4 Å². The molecule has 0 amide bonds. The van der Waals surface area contributed by atoms with Gasteiger partial charge in [-0.15, -0.1) is 0 Å². The number of hydrogen-bond donors (Lipinski definition) is 0. The summed E-state index contributed by atoms with van der Waals surface area (Å²) in [6.07, 6.45) is 8.17. The third kappa shape index (κ3) is 5.31. The Hall–Kier alpha value is -1.59. The SMILES string of the molecule is CCC(CC)(OC(=O)CCC1CC2CC(=O)OC2C1OC(=O)C(C)(CC)C(C)C)C1CCCC1. The van der Waals surface area contributed by atoms with Crippen molar-refractivity contribution < 1.29 is 28.6 Å². The Morgan fingerprint density at radius 2 is 1.74 bits per heavy atom. The Bertz CT molecular complexity index is 735. The van der Waals surface area contributed by atoms with Crippen molar-refractivity contribution in [1.29, 1.82) is 0 Å². The summed E-state index contributed by atoms with van der Waals surface area (Å²) < 4.78 is 17.9. The average Bonchev–Trinajstić information content (AvgIpc) is 3.53. The van der Waals surface area contributed by atoms with Crippen molar-refractivity contribution in [2.24, 2.45) is 29.1 Å². The van der Waals surface area contributed by atoms with Crippen molar-refractivity contribution in [2.45, 2.75) is 130 Å². The first-order chi connectivity index (χ1) is 16.1. The summed E-state index contributed by atoms with van der Waals surface area (Å²) in [5.74, 6) is 0.0304. The van der Waals surface area contributed by atoms with E-state index in [1.165, 1.54) is 12.8 Å². The smallest absolute Gasteiger partial charge is 0.312 e. The highest BCUT2D eigenvalue weighted by Gasteiger charge is 2.53. The van der Waals surface area contributed by atoms with Crippen LogP contribution in [0.1, 0.15) is 112 Å². The van der Waals surface area contributed by atoms with Crippen LogP contribution in [0.4, 0.5) is 0 Å². The fourth-order valence-corrected chi connectivity index (χ4v) is 6.55. The quantitative estimate of drug-likeness (QED) is 0.268. The molecule has 0 radical (unpaired) electrons. The Morgan fingerprint density at radius 3 is 2.29 bits per heavy atom. The van der Waals surface area contributed by atoms with Gasteiger partial charge in [-0.2, -0.15) is 0 Å². The molecule has 6 heteroatoms. The predicted molar refractivity (Wildman–Crippen MR) is 130 cm³/mol. The lowest BCUT2D eigenvalue weighted by Crippen LogP contribution is -2.42. The van der Waals surface area contributed by atoms with Gasteiger partial charge in [0.25, 0.3) is 0 Å². The third-order valence-electron chi connectivity index (χ3n) is 9.61. The van der Waals surface area contributed by atoms with Crippen molar-refractivity contribution in [1.82, 2.24) is 0 Å². The number of fused-ring (bicyclic) bond motifs is 1. The molecule has 0 bridgehead atoms. The summed E-state index contributed by atoms with van der Waals surface area (Å²) in [5, 5.41) is 0. The van der Waals surface area contributed by atoms with E-state index >= 15 is 0 Å². The molecule has 1 saturated heterocycles. The van der Waals surface area contributed by atoms with E-state index in [1.54, 1.807) is 0 Å². The van der Waals surface area contributed by atoms with Gasteiger partial charge in [0.15, 0.2) is 0 Å². The topological polar surface area (TPSA) is 78.9 Å². The van der Waals surface area contributed by atoms with Gasteiger partial charge >= 0.3 is 17.9 Å². The minimum atomic E-state index is -0.590. The lowest BCUT2D eigenvalue weighted by molar-refractivity contribution is -0.175. The van der Waals surface area contributed by atoms with E-state index in [0.717, 1.165) is 32.1 Å². The van der Waals surface area contributed by atoms with Gasteiger partial charge in [0, 0.05) is 18.3 Å². The molecule has 5 atom stereocenters. The maximum Gasteiger partial charge on any atom is 0.312 e. The molecule has 2 aliphatic carbocycles. The van der Waals surface area contributed by atoms with Crippen LogP contribution < -0.4 is 0 Å². The number of esters is 3. The van der Waals surface area contributed by atoms with Gasteiger partial charge in [-0.05, 0) is 63.7 Å². The number of carbonyl (C=O) groups excluding carboxylic acids is 3. The Labute approximate surface area is 205 Å². The maximum absolute atomic E-state index is 13.2. The molecule has 3 rings (SSSR count). The predicted octanol–water partition coefficient (Wildman–Crippen LogP) is 5.99. The largest absolute Gasteiger partial charge is 0.459 e. The van der Waals surface area contributed by atoms with E-state index in [-0.39, 0.29) is 41.3 Å². The summed E-state index contributed by atoms with van der Waals surface area (Å²) in [5.41, 5.74) is -0.950. The normalized spacial score (nSPS) is 29.1. The van der Waals surface area contributed by atoms with Crippen LogP contribution in [0.25, 0.3) is 0 Å². The van der Waals surface area contributed by atoms with Gasteiger partial charge in [-0.3, -0.25) is 14.4 Å².